The Morgan fingerprint density at radius 3 is 2.53 bits per heavy atom. The van der Waals surface area contributed by atoms with Crippen LogP contribution in [0, 0.1) is 12.3 Å². The van der Waals surface area contributed by atoms with Gasteiger partial charge in [0.05, 0.1) is 5.75 Å². The van der Waals surface area contributed by atoms with E-state index in [-0.39, 0.29) is 5.75 Å². The minimum absolute atomic E-state index is 0.112. The fraction of sp³-hybridized carbons (Fsp3) is 0.800. The maximum atomic E-state index is 11.4. The third-order valence-corrected chi connectivity index (χ3v) is 3.13. The molecular weight excluding hydrogens is 212 g/mol. The van der Waals surface area contributed by atoms with E-state index in [0.29, 0.717) is 32.0 Å². The molecule has 0 aromatic heterocycles. The standard InChI is InChI=1S/C10H20N2O2S/c1-4-5-6-7-12-15(13,14)9-8-11-10(2)3/h1,10-12H,5-9H2,2-3H3. The highest BCUT2D eigenvalue weighted by Crippen LogP contribution is 1.88. The third-order valence-electron chi connectivity index (χ3n) is 1.74. The minimum atomic E-state index is -3.14. The molecule has 0 aromatic carbocycles. The van der Waals surface area contributed by atoms with Gasteiger partial charge in [0.1, 0.15) is 0 Å². The number of sulfonamides is 1. The Bertz CT molecular complexity index is 291. The van der Waals surface area contributed by atoms with Gasteiger partial charge in [0.25, 0.3) is 0 Å². The van der Waals surface area contributed by atoms with E-state index in [9.17, 15) is 8.42 Å². The van der Waals surface area contributed by atoms with Gasteiger partial charge in [-0.1, -0.05) is 13.8 Å². The maximum absolute atomic E-state index is 11.4. The Balaban J connectivity index is 3.64. The van der Waals surface area contributed by atoms with E-state index in [1.165, 1.54) is 0 Å². The van der Waals surface area contributed by atoms with Gasteiger partial charge in [0, 0.05) is 25.6 Å². The Labute approximate surface area is 92.9 Å². The predicted molar refractivity (Wildman–Crippen MR) is 63.0 cm³/mol. The van der Waals surface area contributed by atoms with Gasteiger partial charge in [-0.25, -0.2) is 13.1 Å². The second-order valence-corrected chi connectivity index (χ2v) is 5.56. The van der Waals surface area contributed by atoms with Gasteiger partial charge in [-0.05, 0) is 6.42 Å². The highest BCUT2D eigenvalue weighted by molar-refractivity contribution is 7.89. The van der Waals surface area contributed by atoms with Crippen LogP contribution >= 0.6 is 0 Å². The first-order chi connectivity index (χ1) is 6.98. The molecule has 0 spiro atoms. The first-order valence-corrected chi connectivity index (χ1v) is 6.77. The largest absolute Gasteiger partial charge is 0.313 e. The molecule has 5 heteroatoms. The summed E-state index contributed by atoms with van der Waals surface area (Å²) >= 11 is 0. The van der Waals surface area contributed by atoms with Crippen LogP contribution in [-0.4, -0.2) is 33.3 Å². The van der Waals surface area contributed by atoms with Crippen molar-refractivity contribution >= 4 is 10.0 Å². The second-order valence-electron chi connectivity index (χ2n) is 3.63. The molecule has 0 aliphatic rings. The van der Waals surface area contributed by atoms with E-state index in [2.05, 4.69) is 16.0 Å². The van der Waals surface area contributed by atoms with Crippen molar-refractivity contribution in [3.05, 3.63) is 0 Å². The first kappa shape index (κ1) is 14.4. The molecule has 0 amide bonds. The highest BCUT2D eigenvalue weighted by Gasteiger charge is 2.08. The van der Waals surface area contributed by atoms with E-state index >= 15 is 0 Å². The molecule has 0 saturated carbocycles. The molecule has 0 aliphatic heterocycles. The summed E-state index contributed by atoms with van der Waals surface area (Å²) in [4.78, 5) is 0. The molecular formula is C10H20N2O2S. The minimum Gasteiger partial charge on any atom is -0.313 e. The molecule has 88 valence electrons. The van der Waals surface area contributed by atoms with Crippen LogP contribution in [0.25, 0.3) is 0 Å². The average Bonchev–Trinajstić information content (AvgIpc) is 2.11. The van der Waals surface area contributed by atoms with Gasteiger partial charge >= 0.3 is 0 Å². The lowest BCUT2D eigenvalue weighted by Crippen LogP contribution is -2.34. The van der Waals surface area contributed by atoms with Crippen LogP contribution in [0.3, 0.4) is 0 Å². The van der Waals surface area contributed by atoms with Gasteiger partial charge in [-0.2, -0.15) is 0 Å². The van der Waals surface area contributed by atoms with E-state index in [1.54, 1.807) is 0 Å². The molecule has 4 nitrogen and oxygen atoms in total. The molecule has 0 heterocycles. The second kappa shape index (κ2) is 7.69. The van der Waals surface area contributed by atoms with Gasteiger partial charge in [-0.3, -0.25) is 0 Å². The molecule has 0 radical (unpaired) electrons. The lowest BCUT2D eigenvalue weighted by Gasteiger charge is -2.09. The van der Waals surface area contributed by atoms with Crippen LogP contribution in [0.15, 0.2) is 0 Å². The molecule has 0 rings (SSSR count). The van der Waals surface area contributed by atoms with Crippen molar-refractivity contribution in [3.8, 4) is 12.3 Å². The summed E-state index contributed by atoms with van der Waals surface area (Å²) in [7, 11) is -3.14. The van der Waals surface area contributed by atoms with Gasteiger partial charge < -0.3 is 5.32 Å². The van der Waals surface area contributed by atoms with Crippen molar-refractivity contribution in [1.29, 1.82) is 0 Å². The monoisotopic (exact) mass is 232 g/mol. The Hall–Kier alpha value is -0.570. The molecule has 0 bridgehead atoms. The normalized spacial score (nSPS) is 11.6. The molecule has 0 fully saturated rings. The van der Waals surface area contributed by atoms with Crippen LogP contribution in [0.2, 0.25) is 0 Å². The SMILES string of the molecule is C#CCCCNS(=O)(=O)CCNC(C)C. The van der Waals surface area contributed by atoms with E-state index in [4.69, 9.17) is 6.42 Å². The fourth-order valence-electron chi connectivity index (χ4n) is 0.972. The van der Waals surface area contributed by atoms with Crippen molar-refractivity contribution in [2.75, 3.05) is 18.8 Å². The van der Waals surface area contributed by atoms with Crippen LogP contribution in [0.1, 0.15) is 26.7 Å². The third kappa shape index (κ3) is 9.73. The Morgan fingerprint density at radius 1 is 1.33 bits per heavy atom. The average molecular weight is 232 g/mol. The molecule has 0 atom stereocenters. The Kier molecular flexibility index (Phi) is 7.39. The summed E-state index contributed by atoms with van der Waals surface area (Å²) in [6.07, 6.45) is 6.35. The number of rotatable bonds is 8. The highest BCUT2D eigenvalue weighted by atomic mass is 32.2. The maximum Gasteiger partial charge on any atom is 0.212 e. The molecule has 15 heavy (non-hydrogen) atoms. The summed E-state index contributed by atoms with van der Waals surface area (Å²) in [5.74, 6) is 2.58. The molecule has 0 saturated heterocycles. The summed E-state index contributed by atoms with van der Waals surface area (Å²) < 4.78 is 25.2. The quantitative estimate of drug-likeness (QED) is 0.468. The fourth-order valence-corrected chi connectivity index (χ4v) is 1.96. The van der Waals surface area contributed by atoms with E-state index in [1.807, 2.05) is 13.8 Å². The number of nitrogens with one attached hydrogen (secondary N) is 2. The lowest BCUT2D eigenvalue weighted by molar-refractivity contribution is 0.565. The molecule has 0 aliphatic carbocycles. The summed E-state index contributed by atoms with van der Waals surface area (Å²) in [6, 6.07) is 0.307. The van der Waals surface area contributed by atoms with E-state index < -0.39 is 10.0 Å². The van der Waals surface area contributed by atoms with Crippen LogP contribution in [-0.2, 0) is 10.0 Å². The molecule has 0 aromatic rings. The topological polar surface area (TPSA) is 58.2 Å². The lowest BCUT2D eigenvalue weighted by atomic mass is 10.3. The number of unbranched alkanes of at least 4 members (excludes halogenated alkanes) is 1. The Morgan fingerprint density at radius 2 is 2.00 bits per heavy atom. The first-order valence-electron chi connectivity index (χ1n) is 5.12. The van der Waals surface area contributed by atoms with Crippen LogP contribution in [0.4, 0.5) is 0 Å². The van der Waals surface area contributed by atoms with Crippen LogP contribution in [0.5, 0.6) is 0 Å². The molecule has 0 unspecified atom stereocenters. The van der Waals surface area contributed by atoms with Crippen molar-refractivity contribution in [2.24, 2.45) is 0 Å². The van der Waals surface area contributed by atoms with Crippen LogP contribution < -0.4 is 10.0 Å². The zero-order chi connectivity index (χ0) is 11.7. The van der Waals surface area contributed by atoms with Gasteiger partial charge in [0.2, 0.25) is 10.0 Å². The zero-order valence-electron chi connectivity index (χ0n) is 9.41. The summed E-state index contributed by atoms with van der Waals surface area (Å²) in [5.41, 5.74) is 0. The summed E-state index contributed by atoms with van der Waals surface area (Å²) in [5, 5.41) is 3.05. The van der Waals surface area contributed by atoms with E-state index in [0.717, 1.165) is 0 Å². The number of hydrogen-bond donors (Lipinski definition) is 2. The zero-order valence-corrected chi connectivity index (χ0v) is 10.2. The van der Waals surface area contributed by atoms with Crippen molar-refractivity contribution in [2.45, 2.75) is 32.7 Å². The van der Waals surface area contributed by atoms with Gasteiger partial charge in [0.15, 0.2) is 0 Å². The number of hydrogen-bond acceptors (Lipinski definition) is 3. The molecule has 2 N–H and O–H groups in total. The predicted octanol–water partition coefficient (Wildman–Crippen LogP) is 0.317. The number of terminal acetylenes is 1. The summed E-state index contributed by atoms with van der Waals surface area (Å²) in [6.45, 7) is 4.86. The van der Waals surface area contributed by atoms with Gasteiger partial charge in [-0.15, -0.1) is 12.3 Å². The van der Waals surface area contributed by atoms with Crippen molar-refractivity contribution in [3.63, 3.8) is 0 Å². The smallest absolute Gasteiger partial charge is 0.212 e. The van der Waals surface area contributed by atoms with Crippen molar-refractivity contribution < 1.29 is 8.42 Å². The van der Waals surface area contributed by atoms with Crippen molar-refractivity contribution in [1.82, 2.24) is 10.0 Å².